The van der Waals surface area contributed by atoms with Crippen molar-refractivity contribution in [2.45, 2.75) is 50.5 Å². The number of amides is 1. The predicted octanol–water partition coefficient (Wildman–Crippen LogP) is 2.57. The first kappa shape index (κ1) is 16.3. The largest absolute Gasteiger partial charge is 0.332 e. The monoisotopic (exact) mass is 349 g/mol. The highest BCUT2D eigenvalue weighted by molar-refractivity contribution is 8.01. The van der Waals surface area contributed by atoms with E-state index in [9.17, 15) is 4.79 Å². The van der Waals surface area contributed by atoms with E-state index in [1.165, 1.54) is 23.1 Å². The lowest BCUT2D eigenvalue weighted by Gasteiger charge is -2.16. The number of carbonyl (C=O) groups excluding carboxylic acids is 1. The normalized spacial score (nSPS) is 14.2. The summed E-state index contributed by atoms with van der Waals surface area (Å²) in [4.78, 5) is 23.3. The molecule has 3 rings (SSSR count). The van der Waals surface area contributed by atoms with Crippen LogP contribution in [0.4, 0.5) is 0 Å². The average molecular weight is 349 g/mol. The van der Waals surface area contributed by atoms with Gasteiger partial charge in [0, 0.05) is 23.7 Å². The van der Waals surface area contributed by atoms with Crippen molar-refractivity contribution in [2.24, 2.45) is 0 Å². The number of thioether (sulfide) groups is 1. The molecule has 0 bridgehead atoms. The first-order valence-electron chi connectivity index (χ1n) is 7.39. The van der Waals surface area contributed by atoms with Crippen molar-refractivity contribution in [2.75, 3.05) is 5.75 Å². The smallest absolute Gasteiger partial charge is 0.233 e. The van der Waals surface area contributed by atoms with Crippen LogP contribution in [-0.4, -0.2) is 36.7 Å². The maximum Gasteiger partial charge on any atom is 0.233 e. The van der Waals surface area contributed by atoms with Gasteiger partial charge in [0.05, 0.1) is 18.0 Å². The zero-order chi connectivity index (χ0) is 16.6. The highest BCUT2D eigenvalue weighted by Gasteiger charge is 2.27. The minimum Gasteiger partial charge on any atom is -0.332 e. The first-order valence-corrected chi connectivity index (χ1v) is 9.19. The molecule has 122 valence electrons. The molecular formula is C15H19N5OS2. The molecule has 0 unspecified atom stereocenters. The van der Waals surface area contributed by atoms with Crippen molar-refractivity contribution in [3.63, 3.8) is 0 Å². The number of hydrogen-bond acceptors (Lipinski definition) is 7. The number of fused-ring (bicyclic) bond motifs is 1. The summed E-state index contributed by atoms with van der Waals surface area (Å²) in [5.74, 6) is 1.30. The fourth-order valence-corrected chi connectivity index (χ4v) is 3.96. The Labute approximate surface area is 143 Å². The van der Waals surface area contributed by atoms with Crippen LogP contribution in [0, 0.1) is 6.92 Å². The fraction of sp³-hybridized carbons (Fsp3) is 0.533. The number of aromatic nitrogens is 4. The Morgan fingerprint density at radius 2 is 2.13 bits per heavy atom. The van der Waals surface area contributed by atoms with E-state index in [-0.39, 0.29) is 11.3 Å². The average Bonchev–Trinajstić information content (AvgIpc) is 3.08. The molecule has 0 saturated carbocycles. The topological polar surface area (TPSA) is 71.9 Å². The predicted molar refractivity (Wildman–Crippen MR) is 90.4 cm³/mol. The van der Waals surface area contributed by atoms with Gasteiger partial charge < -0.3 is 4.90 Å². The van der Waals surface area contributed by atoms with E-state index in [1.54, 1.807) is 0 Å². The van der Waals surface area contributed by atoms with Crippen molar-refractivity contribution in [1.82, 2.24) is 25.1 Å². The third-order valence-electron chi connectivity index (χ3n) is 3.51. The third-order valence-corrected chi connectivity index (χ3v) is 5.46. The van der Waals surface area contributed by atoms with Gasteiger partial charge in [-0.15, -0.1) is 10.2 Å². The maximum absolute atomic E-state index is 12.4. The van der Waals surface area contributed by atoms with Crippen LogP contribution in [-0.2, 0) is 23.3 Å². The Morgan fingerprint density at radius 3 is 2.78 bits per heavy atom. The molecule has 0 N–H and O–H groups in total. The third kappa shape index (κ3) is 3.69. The second kappa shape index (κ2) is 6.16. The van der Waals surface area contributed by atoms with Crippen LogP contribution in [0.1, 0.15) is 42.9 Å². The van der Waals surface area contributed by atoms with Crippen molar-refractivity contribution in [1.29, 1.82) is 0 Å². The molecule has 0 fully saturated rings. The number of nitrogens with zero attached hydrogens (tertiary/aromatic N) is 5. The Bertz CT molecular complexity index is 738. The molecule has 0 atom stereocenters. The van der Waals surface area contributed by atoms with Crippen LogP contribution in [0.2, 0.25) is 0 Å². The van der Waals surface area contributed by atoms with Crippen molar-refractivity contribution >= 4 is 29.0 Å². The summed E-state index contributed by atoms with van der Waals surface area (Å²) < 4.78 is 0.836. The minimum absolute atomic E-state index is 0.0853. The summed E-state index contributed by atoms with van der Waals surface area (Å²) in [7, 11) is 0. The van der Waals surface area contributed by atoms with Gasteiger partial charge >= 0.3 is 0 Å². The van der Waals surface area contributed by atoms with Crippen LogP contribution in [0.15, 0.2) is 10.5 Å². The van der Waals surface area contributed by atoms with Gasteiger partial charge in [-0.2, -0.15) is 0 Å². The van der Waals surface area contributed by atoms with Crippen molar-refractivity contribution < 1.29 is 4.79 Å². The molecule has 8 heteroatoms. The van der Waals surface area contributed by atoms with Crippen LogP contribution in [0.5, 0.6) is 0 Å². The number of aryl methyl sites for hydroxylation is 1. The standard InChI is InChI=1S/C15H19N5OS2/c1-9-18-19-14(23-9)22-8-12(21)20-6-10-5-16-13(15(2,3)4)17-11(10)7-20/h5H,6-8H2,1-4H3. The molecule has 2 aromatic heterocycles. The fourth-order valence-electron chi connectivity index (χ4n) is 2.24. The van der Waals surface area contributed by atoms with E-state index < -0.39 is 0 Å². The zero-order valence-corrected chi connectivity index (χ0v) is 15.3. The van der Waals surface area contributed by atoms with Gasteiger partial charge in [0.1, 0.15) is 10.8 Å². The highest BCUT2D eigenvalue weighted by Crippen LogP contribution is 2.27. The number of rotatable bonds is 3. The number of hydrogen-bond donors (Lipinski definition) is 0. The number of carbonyl (C=O) groups is 1. The summed E-state index contributed by atoms with van der Waals surface area (Å²) in [5.41, 5.74) is 1.93. The van der Waals surface area contributed by atoms with Gasteiger partial charge in [0.2, 0.25) is 5.91 Å². The van der Waals surface area contributed by atoms with Crippen LogP contribution in [0.3, 0.4) is 0 Å². The molecule has 3 heterocycles. The summed E-state index contributed by atoms with van der Waals surface area (Å²) in [6, 6.07) is 0. The van der Waals surface area contributed by atoms with E-state index in [4.69, 9.17) is 0 Å². The summed E-state index contributed by atoms with van der Waals surface area (Å²) in [6.07, 6.45) is 1.86. The van der Waals surface area contributed by atoms with Crippen molar-refractivity contribution in [3.05, 3.63) is 28.3 Å². The van der Waals surface area contributed by atoms with Gasteiger partial charge in [0.25, 0.3) is 0 Å². The van der Waals surface area contributed by atoms with Gasteiger partial charge in [-0.1, -0.05) is 43.9 Å². The summed E-state index contributed by atoms with van der Waals surface area (Å²) in [5, 5.41) is 8.91. The van der Waals surface area contributed by atoms with Gasteiger partial charge in [0.15, 0.2) is 4.34 Å². The minimum atomic E-state index is -0.0853. The van der Waals surface area contributed by atoms with E-state index in [0.29, 0.717) is 18.8 Å². The quantitative estimate of drug-likeness (QED) is 0.793. The summed E-state index contributed by atoms with van der Waals surface area (Å²) in [6.45, 7) is 9.34. The first-order chi connectivity index (χ1) is 10.8. The molecule has 0 radical (unpaired) electrons. The molecule has 6 nitrogen and oxygen atoms in total. The Balaban J connectivity index is 1.63. The van der Waals surface area contributed by atoms with E-state index in [0.717, 1.165) is 26.4 Å². The van der Waals surface area contributed by atoms with Crippen LogP contribution in [0.25, 0.3) is 0 Å². The second-order valence-electron chi connectivity index (χ2n) is 6.54. The highest BCUT2D eigenvalue weighted by atomic mass is 32.2. The molecule has 1 amide bonds. The molecule has 1 aliphatic heterocycles. The Morgan fingerprint density at radius 1 is 1.35 bits per heavy atom. The van der Waals surface area contributed by atoms with Crippen LogP contribution >= 0.6 is 23.1 Å². The van der Waals surface area contributed by atoms with E-state index >= 15 is 0 Å². The lowest BCUT2D eigenvalue weighted by Crippen LogP contribution is -2.27. The molecule has 0 spiro atoms. The van der Waals surface area contributed by atoms with Crippen molar-refractivity contribution in [3.8, 4) is 0 Å². The molecule has 0 aromatic carbocycles. The van der Waals surface area contributed by atoms with Gasteiger partial charge in [-0.25, -0.2) is 9.97 Å². The molecular weight excluding hydrogens is 330 g/mol. The lowest BCUT2D eigenvalue weighted by molar-refractivity contribution is -0.128. The molecule has 23 heavy (non-hydrogen) atoms. The van der Waals surface area contributed by atoms with Crippen LogP contribution < -0.4 is 0 Å². The molecule has 0 aliphatic carbocycles. The van der Waals surface area contributed by atoms with Gasteiger partial charge in [-0.3, -0.25) is 4.79 Å². The van der Waals surface area contributed by atoms with E-state index in [1.807, 2.05) is 18.0 Å². The zero-order valence-electron chi connectivity index (χ0n) is 13.7. The molecule has 0 saturated heterocycles. The Hall–Kier alpha value is -1.54. The molecule has 2 aromatic rings. The SMILES string of the molecule is Cc1nnc(SCC(=O)N2Cc3cnc(C(C)(C)C)nc3C2)s1. The maximum atomic E-state index is 12.4. The molecule has 1 aliphatic rings. The summed E-state index contributed by atoms with van der Waals surface area (Å²) >= 11 is 2.95. The Kier molecular flexibility index (Phi) is 4.37. The lowest BCUT2D eigenvalue weighted by atomic mass is 9.95. The van der Waals surface area contributed by atoms with Gasteiger partial charge in [-0.05, 0) is 6.92 Å². The second-order valence-corrected chi connectivity index (χ2v) is 8.95. The van der Waals surface area contributed by atoms with E-state index in [2.05, 4.69) is 40.9 Å².